The molecule has 1 fully saturated rings. The smallest absolute Gasteiger partial charge is 0.212 e. The Balaban J connectivity index is 1.73. The summed E-state index contributed by atoms with van der Waals surface area (Å²) in [6, 6.07) is 3.95. The first-order valence-corrected chi connectivity index (χ1v) is 5.81. The van der Waals surface area contributed by atoms with Crippen molar-refractivity contribution in [3.63, 3.8) is 0 Å². The van der Waals surface area contributed by atoms with E-state index >= 15 is 0 Å². The van der Waals surface area contributed by atoms with Gasteiger partial charge in [-0.1, -0.05) is 19.9 Å². The quantitative estimate of drug-likeness (QED) is 0.826. The fraction of sp³-hybridized carbons (Fsp3) is 0.615. The predicted molar refractivity (Wildman–Crippen MR) is 64.4 cm³/mol. The van der Waals surface area contributed by atoms with Crippen molar-refractivity contribution in [3.8, 4) is 5.88 Å². The second-order valence-corrected chi connectivity index (χ2v) is 5.23. The Bertz CT molecular complexity index is 345. The summed E-state index contributed by atoms with van der Waals surface area (Å²) in [6.07, 6.45) is 3.21. The maximum absolute atomic E-state index is 5.02. The van der Waals surface area contributed by atoms with Gasteiger partial charge in [-0.15, -0.1) is 0 Å². The number of ether oxygens (including phenoxy) is 1. The predicted octanol–water partition coefficient (Wildman–Crippen LogP) is 2.23. The fourth-order valence-corrected chi connectivity index (χ4v) is 1.95. The van der Waals surface area contributed by atoms with Crippen LogP contribution in [0.5, 0.6) is 5.88 Å². The minimum absolute atomic E-state index is 0.561. The third-order valence-corrected chi connectivity index (χ3v) is 3.44. The van der Waals surface area contributed by atoms with Gasteiger partial charge in [0, 0.05) is 18.8 Å². The number of methoxy groups -OCH3 is 1. The molecule has 1 atom stereocenters. The van der Waals surface area contributed by atoms with E-state index in [-0.39, 0.29) is 0 Å². The Labute approximate surface area is 97.2 Å². The van der Waals surface area contributed by atoms with Crippen molar-refractivity contribution in [1.29, 1.82) is 0 Å². The Morgan fingerprint density at radius 1 is 1.50 bits per heavy atom. The zero-order chi connectivity index (χ0) is 11.6. The molecule has 1 heterocycles. The van der Waals surface area contributed by atoms with E-state index in [1.54, 1.807) is 7.11 Å². The maximum atomic E-state index is 5.02. The van der Waals surface area contributed by atoms with Crippen molar-refractivity contribution in [2.24, 2.45) is 11.3 Å². The van der Waals surface area contributed by atoms with Gasteiger partial charge in [-0.05, 0) is 29.9 Å². The number of hydrogen-bond acceptors (Lipinski definition) is 3. The van der Waals surface area contributed by atoms with Gasteiger partial charge in [-0.3, -0.25) is 0 Å². The van der Waals surface area contributed by atoms with E-state index < -0.39 is 0 Å². The highest BCUT2D eigenvalue weighted by atomic mass is 16.5. The molecule has 1 aliphatic rings. The summed E-state index contributed by atoms with van der Waals surface area (Å²) in [5, 5.41) is 3.48. The van der Waals surface area contributed by atoms with Crippen LogP contribution >= 0.6 is 0 Å². The third kappa shape index (κ3) is 2.73. The first-order chi connectivity index (χ1) is 7.62. The van der Waals surface area contributed by atoms with E-state index in [0.717, 1.165) is 19.0 Å². The second-order valence-electron chi connectivity index (χ2n) is 5.23. The SMILES string of the molecule is COc1ccc(CNCC2CC2(C)C)cn1. The molecule has 1 aromatic rings. The Morgan fingerprint density at radius 2 is 2.25 bits per heavy atom. The number of nitrogens with zero attached hydrogens (tertiary/aromatic N) is 1. The largest absolute Gasteiger partial charge is 0.481 e. The average molecular weight is 220 g/mol. The number of aromatic nitrogens is 1. The Morgan fingerprint density at radius 3 is 2.75 bits per heavy atom. The molecule has 1 unspecified atom stereocenters. The highest BCUT2D eigenvalue weighted by molar-refractivity contribution is 5.17. The van der Waals surface area contributed by atoms with Crippen LogP contribution in [0.1, 0.15) is 25.8 Å². The summed E-state index contributed by atoms with van der Waals surface area (Å²) in [5.74, 6) is 1.52. The number of pyridine rings is 1. The molecule has 1 aliphatic carbocycles. The van der Waals surface area contributed by atoms with Crippen LogP contribution in [0.4, 0.5) is 0 Å². The lowest BCUT2D eigenvalue weighted by Gasteiger charge is -2.06. The summed E-state index contributed by atoms with van der Waals surface area (Å²) < 4.78 is 5.02. The highest BCUT2D eigenvalue weighted by Gasteiger charge is 2.44. The number of hydrogen-bond donors (Lipinski definition) is 1. The molecule has 2 rings (SSSR count). The fourth-order valence-electron chi connectivity index (χ4n) is 1.95. The molecular formula is C13H20N2O. The molecule has 0 bridgehead atoms. The third-order valence-electron chi connectivity index (χ3n) is 3.44. The molecule has 3 heteroatoms. The molecule has 0 radical (unpaired) electrons. The Kier molecular flexibility index (Phi) is 3.15. The van der Waals surface area contributed by atoms with E-state index in [1.165, 1.54) is 12.0 Å². The number of rotatable bonds is 5. The van der Waals surface area contributed by atoms with E-state index in [1.807, 2.05) is 12.3 Å². The van der Waals surface area contributed by atoms with E-state index in [2.05, 4.69) is 30.2 Å². The van der Waals surface area contributed by atoms with Gasteiger partial charge in [-0.25, -0.2) is 4.98 Å². The molecule has 0 saturated heterocycles. The number of nitrogens with one attached hydrogen (secondary N) is 1. The lowest BCUT2D eigenvalue weighted by Crippen LogP contribution is -2.18. The average Bonchev–Trinajstić information content (AvgIpc) is 2.87. The van der Waals surface area contributed by atoms with Crippen molar-refractivity contribution in [1.82, 2.24) is 10.3 Å². The summed E-state index contributed by atoms with van der Waals surface area (Å²) >= 11 is 0. The van der Waals surface area contributed by atoms with Gasteiger partial charge in [0.15, 0.2) is 0 Å². The normalized spacial score (nSPS) is 21.8. The minimum atomic E-state index is 0.561. The monoisotopic (exact) mass is 220 g/mol. The van der Waals surface area contributed by atoms with Crippen LogP contribution in [0.2, 0.25) is 0 Å². The molecule has 3 nitrogen and oxygen atoms in total. The first-order valence-electron chi connectivity index (χ1n) is 5.81. The molecule has 1 aromatic heterocycles. The van der Waals surface area contributed by atoms with Crippen molar-refractivity contribution in [2.75, 3.05) is 13.7 Å². The van der Waals surface area contributed by atoms with Gasteiger partial charge < -0.3 is 10.1 Å². The lowest BCUT2D eigenvalue weighted by molar-refractivity contribution is 0.397. The van der Waals surface area contributed by atoms with E-state index in [0.29, 0.717) is 11.3 Å². The first kappa shape index (κ1) is 11.4. The molecule has 1 N–H and O–H groups in total. The molecule has 0 spiro atoms. The standard InChI is InChI=1S/C13H20N2O/c1-13(2)6-11(13)9-14-7-10-4-5-12(16-3)15-8-10/h4-5,8,11,14H,6-7,9H2,1-3H3. The van der Waals surface area contributed by atoms with Gasteiger partial charge in [0.25, 0.3) is 0 Å². The molecular weight excluding hydrogens is 200 g/mol. The van der Waals surface area contributed by atoms with Gasteiger partial charge in [0.1, 0.15) is 0 Å². The molecule has 0 aliphatic heterocycles. The van der Waals surface area contributed by atoms with Crippen LogP contribution in [0.15, 0.2) is 18.3 Å². The summed E-state index contributed by atoms with van der Waals surface area (Å²) in [4.78, 5) is 4.18. The van der Waals surface area contributed by atoms with Crippen LogP contribution in [0, 0.1) is 11.3 Å². The van der Waals surface area contributed by atoms with Crippen LogP contribution in [0.3, 0.4) is 0 Å². The molecule has 1 saturated carbocycles. The van der Waals surface area contributed by atoms with Crippen molar-refractivity contribution >= 4 is 0 Å². The highest BCUT2D eigenvalue weighted by Crippen LogP contribution is 2.50. The summed E-state index contributed by atoms with van der Waals surface area (Å²) in [7, 11) is 1.63. The summed E-state index contributed by atoms with van der Waals surface area (Å²) in [6.45, 7) is 6.66. The van der Waals surface area contributed by atoms with Crippen molar-refractivity contribution in [3.05, 3.63) is 23.9 Å². The van der Waals surface area contributed by atoms with Crippen LogP contribution < -0.4 is 10.1 Å². The van der Waals surface area contributed by atoms with Crippen LogP contribution in [0.25, 0.3) is 0 Å². The van der Waals surface area contributed by atoms with Crippen LogP contribution in [-0.4, -0.2) is 18.6 Å². The molecule has 16 heavy (non-hydrogen) atoms. The van der Waals surface area contributed by atoms with Gasteiger partial charge in [0.2, 0.25) is 5.88 Å². The Hall–Kier alpha value is -1.09. The van der Waals surface area contributed by atoms with E-state index in [9.17, 15) is 0 Å². The van der Waals surface area contributed by atoms with Gasteiger partial charge in [-0.2, -0.15) is 0 Å². The maximum Gasteiger partial charge on any atom is 0.212 e. The summed E-state index contributed by atoms with van der Waals surface area (Å²) in [5.41, 5.74) is 1.77. The molecule has 88 valence electrons. The molecule has 0 amide bonds. The van der Waals surface area contributed by atoms with Crippen molar-refractivity contribution < 1.29 is 4.74 Å². The minimum Gasteiger partial charge on any atom is -0.481 e. The lowest BCUT2D eigenvalue weighted by atomic mass is 10.1. The van der Waals surface area contributed by atoms with Gasteiger partial charge >= 0.3 is 0 Å². The van der Waals surface area contributed by atoms with Crippen molar-refractivity contribution in [2.45, 2.75) is 26.8 Å². The van der Waals surface area contributed by atoms with Crippen LogP contribution in [-0.2, 0) is 6.54 Å². The second kappa shape index (κ2) is 4.42. The zero-order valence-corrected chi connectivity index (χ0v) is 10.3. The van der Waals surface area contributed by atoms with Gasteiger partial charge in [0.05, 0.1) is 7.11 Å². The zero-order valence-electron chi connectivity index (χ0n) is 10.3. The molecule has 0 aromatic carbocycles. The van der Waals surface area contributed by atoms with E-state index in [4.69, 9.17) is 4.74 Å². The topological polar surface area (TPSA) is 34.1 Å².